The minimum absolute atomic E-state index is 0.0451. The summed E-state index contributed by atoms with van der Waals surface area (Å²) in [6.07, 6.45) is 0. The lowest BCUT2D eigenvalue weighted by Gasteiger charge is -2.04. The van der Waals surface area contributed by atoms with E-state index in [0.29, 0.717) is 11.3 Å². The van der Waals surface area contributed by atoms with Gasteiger partial charge in [0.05, 0.1) is 10.6 Å². The number of benzene rings is 3. The van der Waals surface area contributed by atoms with Crippen LogP contribution in [0.4, 0.5) is 5.69 Å². The van der Waals surface area contributed by atoms with Gasteiger partial charge in [0.1, 0.15) is 0 Å². The number of H-pyrrole nitrogens is 1. The zero-order chi connectivity index (χ0) is 19.5. The van der Waals surface area contributed by atoms with Gasteiger partial charge in [0.2, 0.25) is 5.78 Å². The van der Waals surface area contributed by atoms with E-state index in [1.807, 2.05) is 66.7 Å². The maximum Gasteiger partial charge on any atom is 0.269 e. The van der Waals surface area contributed by atoms with Gasteiger partial charge in [-0.2, -0.15) is 0 Å². The van der Waals surface area contributed by atoms with E-state index in [9.17, 15) is 14.9 Å². The van der Waals surface area contributed by atoms with Gasteiger partial charge in [-0.05, 0) is 29.3 Å². The molecule has 0 atom stereocenters. The highest BCUT2D eigenvalue weighted by Crippen LogP contribution is 2.31. The Morgan fingerprint density at radius 1 is 0.786 bits per heavy atom. The largest absolute Gasteiger partial charge is 0.351 e. The van der Waals surface area contributed by atoms with Crippen molar-refractivity contribution in [2.24, 2.45) is 0 Å². The van der Waals surface area contributed by atoms with Gasteiger partial charge in [-0.3, -0.25) is 14.9 Å². The lowest BCUT2D eigenvalue weighted by molar-refractivity contribution is -0.384. The van der Waals surface area contributed by atoms with Gasteiger partial charge in [-0.25, -0.2) is 0 Å². The SMILES string of the molecule is O=C(c1ccc([N+](=O)[O-])cc1)c1[nH]c(-c2ccccc2)cc1-c1ccccc1. The second-order valence-electron chi connectivity index (χ2n) is 6.34. The van der Waals surface area contributed by atoms with Crippen LogP contribution in [0.2, 0.25) is 0 Å². The monoisotopic (exact) mass is 368 g/mol. The lowest BCUT2D eigenvalue weighted by atomic mass is 10.00. The number of carbonyl (C=O) groups excluding carboxylic acids is 1. The number of nitrogens with zero attached hydrogens (tertiary/aromatic N) is 1. The molecule has 0 amide bonds. The lowest BCUT2D eigenvalue weighted by Crippen LogP contribution is -2.04. The normalized spacial score (nSPS) is 10.6. The quantitative estimate of drug-likeness (QED) is 0.287. The number of non-ortho nitro benzene ring substituents is 1. The molecule has 5 nitrogen and oxygen atoms in total. The highest BCUT2D eigenvalue weighted by atomic mass is 16.6. The summed E-state index contributed by atoms with van der Waals surface area (Å²) < 4.78 is 0. The Morgan fingerprint density at radius 3 is 1.93 bits per heavy atom. The van der Waals surface area contributed by atoms with Gasteiger partial charge in [0.25, 0.3) is 5.69 Å². The van der Waals surface area contributed by atoms with Crippen molar-refractivity contribution in [3.05, 3.63) is 112 Å². The summed E-state index contributed by atoms with van der Waals surface area (Å²) in [7, 11) is 0. The third-order valence-electron chi connectivity index (χ3n) is 4.55. The van der Waals surface area contributed by atoms with E-state index in [4.69, 9.17) is 0 Å². The van der Waals surface area contributed by atoms with E-state index >= 15 is 0 Å². The molecule has 0 unspecified atom stereocenters. The minimum atomic E-state index is -0.480. The van der Waals surface area contributed by atoms with Gasteiger partial charge in [0, 0.05) is 29.0 Å². The molecule has 5 heteroatoms. The molecule has 4 aromatic rings. The number of aromatic nitrogens is 1. The first kappa shape index (κ1) is 17.4. The fourth-order valence-corrected chi connectivity index (χ4v) is 3.13. The molecule has 0 saturated carbocycles. The number of nitro groups is 1. The standard InChI is InChI=1S/C23H16N2O3/c26-23(18-11-13-19(14-12-18)25(27)28)22-20(16-7-3-1-4-8-16)15-21(24-22)17-9-5-2-6-10-17/h1-15,24H. The Labute approximate surface area is 161 Å². The zero-order valence-corrected chi connectivity index (χ0v) is 14.8. The van der Waals surface area contributed by atoms with E-state index in [1.54, 1.807) is 0 Å². The molecule has 0 aliphatic heterocycles. The number of carbonyl (C=O) groups is 1. The van der Waals surface area contributed by atoms with Crippen LogP contribution < -0.4 is 0 Å². The van der Waals surface area contributed by atoms with Crippen molar-refractivity contribution in [1.82, 2.24) is 4.98 Å². The van der Waals surface area contributed by atoms with Crippen LogP contribution in [0, 0.1) is 10.1 Å². The molecular formula is C23H16N2O3. The summed E-state index contributed by atoms with van der Waals surface area (Å²) in [6, 6.07) is 27.0. The van der Waals surface area contributed by atoms with E-state index in [0.717, 1.165) is 22.4 Å². The highest BCUT2D eigenvalue weighted by Gasteiger charge is 2.20. The van der Waals surface area contributed by atoms with Crippen LogP contribution >= 0.6 is 0 Å². The summed E-state index contributed by atoms with van der Waals surface area (Å²) in [4.78, 5) is 26.8. The summed E-state index contributed by atoms with van der Waals surface area (Å²) in [6.45, 7) is 0. The third kappa shape index (κ3) is 3.33. The molecule has 0 fully saturated rings. The van der Waals surface area contributed by atoms with Crippen LogP contribution in [0.3, 0.4) is 0 Å². The topological polar surface area (TPSA) is 76.0 Å². The average Bonchev–Trinajstić information content (AvgIpc) is 3.20. The molecule has 1 heterocycles. The smallest absolute Gasteiger partial charge is 0.269 e. The van der Waals surface area contributed by atoms with Crippen LogP contribution in [0.5, 0.6) is 0 Å². The summed E-state index contributed by atoms with van der Waals surface area (Å²) in [5, 5.41) is 10.9. The Kier molecular flexibility index (Phi) is 4.56. The number of ketones is 1. The van der Waals surface area contributed by atoms with Crippen LogP contribution in [0.15, 0.2) is 91.0 Å². The Balaban J connectivity index is 1.81. The summed E-state index contributed by atoms with van der Waals surface area (Å²) in [5.74, 6) is -0.212. The number of hydrogen-bond acceptors (Lipinski definition) is 3. The van der Waals surface area contributed by atoms with E-state index in [2.05, 4.69) is 4.98 Å². The molecule has 136 valence electrons. The maximum absolute atomic E-state index is 13.2. The van der Waals surface area contributed by atoms with Crippen molar-refractivity contribution in [3.8, 4) is 22.4 Å². The van der Waals surface area contributed by atoms with Crippen molar-refractivity contribution < 1.29 is 9.72 Å². The molecule has 0 aliphatic rings. The fraction of sp³-hybridized carbons (Fsp3) is 0. The molecule has 4 rings (SSSR count). The third-order valence-corrected chi connectivity index (χ3v) is 4.55. The predicted octanol–water partition coefficient (Wildman–Crippen LogP) is 5.49. The predicted molar refractivity (Wildman–Crippen MR) is 108 cm³/mol. The van der Waals surface area contributed by atoms with Gasteiger partial charge in [-0.1, -0.05) is 60.7 Å². The van der Waals surface area contributed by atoms with Crippen molar-refractivity contribution in [2.75, 3.05) is 0 Å². The molecule has 28 heavy (non-hydrogen) atoms. The number of aromatic amines is 1. The van der Waals surface area contributed by atoms with Crippen molar-refractivity contribution in [3.63, 3.8) is 0 Å². The second kappa shape index (κ2) is 7.32. The molecule has 0 aliphatic carbocycles. The molecule has 1 N–H and O–H groups in total. The number of rotatable bonds is 5. The number of hydrogen-bond donors (Lipinski definition) is 1. The van der Waals surface area contributed by atoms with Crippen molar-refractivity contribution in [2.45, 2.75) is 0 Å². The molecule has 1 aromatic heterocycles. The summed E-state index contributed by atoms with van der Waals surface area (Å²) >= 11 is 0. The Morgan fingerprint density at radius 2 is 1.36 bits per heavy atom. The molecule has 3 aromatic carbocycles. The Hall–Kier alpha value is -3.99. The average molecular weight is 368 g/mol. The van der Waals surface area contributed by atoms with E-state index in [1.165, 1.54) is 24.3 Å². The summed E-state index contributed by atoms with van der Waals surface area (Å²) in [5.41, 5.74) is 4.33. The first-order valence-corrected chi connectivity index (χ1v) is 8.76. The fourth-order valence-electron chi connectivity index (χ4n) is 3.13. The molecule has 0 bridgehead atoms. The Bertz CT molecular complexity index is 1130. The van der Waals surface area contributed by atoms with Crippen LogP contribution in [0.25, 0.3) is 22.4 Å². The minimum Gasteiger partial charge on any atom is -0.351 e. The highest BCUT2D eigenvalue weighted by molar-refractivity contribution is 6.12. The first-order valence-electron chi connectivity index (χ1n) is 8.76. The van der Waals surface area contributed by atoms with Crippen LogP contribution in [-0.2, 0) is 0 Å². The van der Waals surface area contributed by atoms with Crippen molar-refractivity contribution in [1.29, 1.82) is 0 Å². The van der Waals surface area contributed by atoms with Crippen LogP contribution in [0.1, 0.15) is 16.1 Å². The van der Waals surface area contributed by atoms with Crippen molar-refractivity contribution >= 4 is 11.5 Å². The molecule has 0 radical (unpaired) electrons. The van der Waals surface area contributed by atoms with Gasteiger partial charge in [0.15, 0.2) is 0 Å². The van der Waals surface area contributed by atoms with Gasteiger partial charge >= 0.3 is 0 Å². The number of nitrogens with one attached hydrogen (secondary N) is 1. The van der Waals surface area contributed by atoms with Gasteiger partial charge < -0.3 is 4.98 Å². The first-order chi connectivity index (χ1) is 13.6. The number of nitro benzene ring substituents is 1. The molecule has 0 spiro atoms. The van der Waals surface area contributed by atoms with Gasteiger partial charge in [-0.15, -0.1) is 0 Å². The van der Waals surface area contributed by atoms with E-state index in [-0.39, 0.29) is 11.5 Å². The molecule has 0 saturated heterocycles. The molecular weight excluding hydrogens is 352 g/mol. The maximum atomic E-state index is 13.2. The zero-order valence-electron chi connectivity index (χ0n) is 14.8. The van der Waals surface area contributed by atoms with E-state index < -0.39 is 4.92 Å². The second-order valence-corrected chi connectivity index (χ2v) is 6.34. The van der Waals surface area contributed by atoms with Crippen LogP contribution in [-0.4, -0.2) is 15.7 Å².